The van der Waals surface area contributed by atoms with Gasteiger partial charge in [0.1, 0.15) is 29.9 Å². The normalized spacial score (nSPS) is 17.9. The summed E-state index contributed by atoms with van der Waals surface area (Å²) in [4.78, 5) is 7.23. The minimum atomic E-state index is -4.19. The SMILES string of the molecule is CCCCN1c2cc3c(cc2C(CS(=O)(=O)O)=CC1(C)C)N=c1cc2c(cc1O3)=[N+](CC)CCC2. The van der Waals surface area contributed by atoms with Gasteiger partial charge in [-0.05, 0) is 51.3 Å². The van der Waals surface area contributed by atoms with Crippen molar-refractivity contribution in [2.75, 3.05) is 30.3 Å². The van der Waals surface area contributed by atoms with Crippen LogP contribution in [0.5, 0.6) is 11.5 Å². The molecule has 0 saturated heterocycles. The summed E-state index contributed by atoms with van der Waals surface area (Å²) in [6, 6.07) is 8.14. The first-order valence-electron chi connectivity index (χ1n) is 12.5. The van der Waals surface area contributed by atoms with Crippen LogP contribution in [0.15, 0.2) is 35.3 Å². The lowest BCUT2D eigenvalue weighted by molar-refractivity contribution is 0.462. The Bertz CT molecular complexity index is 1460. The van der Waals surface area contributed by atoms with Crippen LogP contribution in [0.1, 0.15) is 58.1 Å². The van der Waals surface area contributed by atoms with Crippen molar-refractivity contribution in [1.29, 1.82) is 0 Å². The molecule has 3 aliphatic heterocycles. The van der Waals surface area contributed by atoms with Crippen LogP contribution < -0.4 is 24.9 Å². The molecule has 0 unspecified atom stereocenters. The zero-order valence-electron chi connectivity index (χ0n) is 21.0. The quantitative estimate of drug-likeness (QED) is 0.414. The molecule has 0 saturated carbocycles. The van der Waals surface area contributed by atoms with Crippen molar-refractivity contribution in [3.8, 4) is 11.5 Å². The highest BCUT2D eigenvalue weighted by Gasteiger charge is 2.35. The Balaban J connectivity index is 1.69. The van der Waals surface area contributed by atoms with E-state index in [4.69, 9.17) is 9.73 Å². The maximum atomic E-state index is 11.9. The van der Waals surface area contributed by atoms with Gasteiger partial charge in [-0.25, -0.2) is 9.57 Å². The molecule has 0 aliphatic carbocycles. The summed E-state index contributed by atoms with van der Waals surface area (Å²) < 4.78 is 42.2. The molecule has 2 aromatic rings. The predicted octanol–water partition coefficient (Wildman–Crippen LogP) is 3.87. The highest BCUT2D eigenvalue weighted by Crippen LogP contribution is 2.46. The highest BCUT2D eigenvalue weighted by atomic mass is 32.2. The molecule has 0 aromatic heterocycles. The number of aryl methyl sites for hydroxylation is 1. The van der Waals surface area contributed by atoms with Crippen molar-refractivity contribution in [2.45, 2.75) is 58.9 Å². The molecule has 8 heteroatoms. The first-order valence-corrected chi connectivity index (χ1v) is 14.1. The molecule has 0 spiro atoms. The molecule has 0 amide bonds. The van der Waals surface area contributed by atoms with Gasteiger partial charge in [-0.3, -0.25) is 4.55 Å². The Morgan fingerprint density at radius 3 is 2.69 bits per heavy atom. The summed E-state index contributed by atoms with van der Waals surface area (Å²) in [7, 11) is -4.19. The third-order valence-corrected chi connectivity index (χ3v) is 7.90. The summed E-state index contributed by atoms with van der Waals surface area (Å²) in [5.74, 6) is 0.989. The lowest BCUT2D eigenvalue weighted by Gasteiger charge is -2.44. The van der Waals surface area contributed by atoms with Crippen LogP contribution in [0, 0.1) is 0 Å². The van der Waals surface area contributed by atoms with Gasteiger partial charge >= 0.3 is 0 Å². The van der Waals surface area contributed by atoms with Gasteiger partial charge in [-0.1, -0.05) is 19.4 Å². The summed E-state index contributed by atoms with van der Waals surface area (Å²) in [6.45, 7) is 11.3. The molecule has 0 bridgehead atoms. The van der Waals surface area contributed by atoms with E-state index in [1.165, 1.54) is 10.9 Å². The Labute approximate surface area is 207 Å². The average molecular weight is 497 g/mol. The molecule has 3 heterocycles. The minimum absolute atomic E-state index is 0.416. The number of hydrogen-bond acceptors (Lipinski definition) is 5. The maximum absolute atomic E-state index is 11.9. The van der Waals surface area contributed by atoms with Crippen molar-refractivity contribution in [3.05, 3.63) is 52.2 Å². The van der Waals surface area contributed by atoms with E-state index < -0.39 is 21.4 Å². The molecule has 0 atom stereocenters. The Hall–Kier alpha value is -2.71. The molecule has 3 aliphatic rings. The van der Waals surface area contributed by atoms with Crippen molar-refractivity contribution in [2.24, 2.45) is 4.99 Å². The number of ether oxygens (including phenoxy) is 1. The summed E-state index contributed by atoms with van der Waals surface area (Å²) >= 11 is 0. The third-order valence-electron chi connectivity index (χ3n) is 7.23. The number of hydrogen-bond donors (Lipinski definition) is 1. The third kappa shape index (κ3) is 4.49. The number of anilines is 1. The molecular weight excluding hydrogens is 462 g/mol. The second-order valence-electron chi connectivity index (χ2n) is 10.2. The van der Waals surface area contributed by atoms with Gasteiger partial charge < -0.3 is 9.64 Å². The monoisotopic (exact) mass is 496 g/mol. The predicted molar refractivity (Wildman–Crippen MR) is 139 cm³/mol. The fourth-order valence-corrected chi connectivity index (χ4v) is 6.19. The molecule has 2 aromatic carbocycles. The molecular formula is C27H34N3O4S+. The van der Waals surface area contributed by atoms with Crippen molar-refractivity contribution in [3.63, 3.8) is 0 Å². The van der Waals surface area contributed by atoms with Gasteiger partial charge in [0.15, 0.2) is 11.5 Å². The summed E-state index contributed by atoms with van der Waals surface area (Å²) in [5.41, 5.74) is 3.83. The van der Waals surface area contributed by atoms with Gasteiger partial charge in [0.2, 0.25) is 5.36 Å². The number of benzene rings is 2. The average Bonchev–Trinajstić information content (AvgIpc) is 2.78. The van der Waals surface area contributed by atoms with Gasteiger partial charge in [0.25, 0.3) is 10.1 Å². The Kier molecular flexibility index (Phi) is 6.00. The van der Waals surface area contributed by atoms with Gasteiger partial charge in [0, 0.05) is 35.8 Å². The molecule has 186 valence electrons. The topological polar surface area (TPSA) is 82.2 Å². The summed E-state index contributed by atoms with van der Waals surface area (Å²) in [5, 5.41) is 2.02. The molecule has 7 nitrogen and oxygen atoms in total. The van der Waals surface area contributed by atoms with Crippen LogP contribution in [0.2, 0.25) is 0 Å². The largest absolute Gasteiger partial charge is 0.452 e. The fourth-order valence-electron chi connectivity index (χ4n) is 5.56. The van der Waals surface area contributed by atoms with Crippen LogP contribution >= 0.6 is 0 Å². The minimum Gasteiger partial charge on any atom is -0.452 e. The van der Waals surface area contributed by atoms with Crippen LogP contribution in [-0.4, -0.2) is 43.9 Å². The Morgan fingerprint density at radius 1 is 1.17 bits per heavy atom. The fraction of sp³-hybridized carbons (Fsp3) is 0.481. The molecule has 0 radical (unpaired) electrons. The molecule has 0 fully saturated rings. The zero-order chi connectivity index (χ0) is 25.0. The van der Waals surface area contributed by atoms with E-state index in [1.807, 2.05) is 18.2 Å². The van der Waals surface area contributed by atoms with E-state index in [0.717, 1.165) is 67.7 Å². The molecule has 35 heavy (non-hydrogen) atoms. The summed E-state index contributed by atoms with van der Waals surface area (Å²) in [6.07, 6.45) is 6.16. The number of fused-ring (bicyclic) bond motifs is 4. The van der Waals surface area contributed by atoms with E-state index in [-0.39, 0.29) is 0 Å². The standard InChI is InChI=1S/C27H33N3O4S/c1-5-7-11-30-24-15-26-22(13-20(24)19(16-27(30,3)4)17-35(31,32)33)28-21-12-18-9-8-10-29(6-2)23(18)14-25(21)34-26/h12-16H,5-11,17H2,1-4H3/p+1. The molecule has 5 rings (SSSR count). The van der Waals surface area contributed by atoms with Crippen LogP contribution in [0.4, 0.5) is 11.4 Å². The van der Waals surface area contributed by atoms with Gasteiger partial charge in [0.05, 0.1) is 11.6 Å². The smallest absolute Gasteiger partial charge is 0.269 e. The van der Waals surface area contributed by atoms with E-state index in [1.54, 1.807) is 0 Å². The van der Waals surface area contributed by atoms with Crippen LogP contribution in [-0.2, 0) is 16.5 Å². The number of nitrogens with zero attached hydrogens (tertiary/aromatic N) is 3. The van der Waals surface area contributed by atoms with Crippen molar-refractivity contribution < 1.29 is 17.7 Å². The first kappa shape index (κ1) is 24.0. The second-order valence-corrected chi connectivity index (χ2v) is 11.7. The number of unbranched alkanes of at least 4 members (excludes halogenated alkanes) is 1. The van der Waals surface area contributed by atoms with Crippen molar-refractivity contribution in [1.82, 2.24) is 4.58 Å². The first-order chi connectivity index (χ1) is 16.6. The van der Waals surface area contributed by atoms with Crippen LogP contribution in [0.3, 0.4) is 0 Å². The zero-order valence-corrected chi connectivity index (χ0v) is 21.8. The number of rotatable bonds is 6. The van der Waals surface area contributed by atoms with Gasteiger partial charge in [-0.15, -0.1) is 0 Å². The lowest BCUT2D eigenvalue weighted by atomic mass is 9.88. The maximum Gasteiger partial charge on any atom is 0.269 e. The van der Waals surface area contributed by atoms with E-state index >= 15 is 0 Å². The van der Waals surface area contributed by atoms with Gasteiger partial charge in [-0.2, -0.15) is 8.42 Å². The van der Waals surface area contributed by atoms with Crippen LogP contribution in [0.25, 0.3) is 5.57 Å². The highest BCUT2D eigenvalue weighted by molar-refractivity contribution is 7.86. The Morgan fingerprint density at radius 2 is 1.97 bits per heavy atom. The van der Waals surface area contributed by atoms with E-state index in [2.05, 4.69) is 49.3 Å². The molecule has 1 N–H and O–H groups in total. The van der Waals surface area contributed by atoms with E-state index in [0.29, 0.717) is 17.0 Å². The van der Waals surface area contributed by atoms with Crippen molar-refractivity contribution >= 4 is 27.1 Å². The lowest BCUT2D eigenvalue weighted by Crippen LogP contribution is -2.46. The van der Waals surface area contributed by atoms with E-state index in [9.17, 15) is 13.0 Å². The second kappa shape index (κ2) is 8.75.